The number of nitrogens with zero attached hydrogens (tertiary/aromatic N) is 2. The van der Waals surface area contributed by atoms with Crippen LogP contribution in [0.5, 0.6) is 0 Å². The first-order valence-electron chi connectivity index (χ1n) is 6.11. The molecule has 0 saturated carbocycles. The molecule has 0 aliphatic heterocycles. The van der Waals surface area contributed by atoms with Crippen LogP contribution in [0.25, 0.3) is 0 Å². The van der Waals surface area contributed by atoms with E-state index in [1.165, 1.54) is 17.1 Å². The maximum atomic E-state index is 11.8. The van der Waals surface area contributed by atoms with Crippen molar-refractivity contribution < 1.29 is 14.3 Å². The third-order valence-electron chi connectivity index (χ3n) is 2.19. The SMILES string of the molecule is CC(C)(CC(=O)OC(C)(C)C)NC(=O)n1ccnc1. The number of rotatable bonds is 3. The van der Waals surface area contributed by atoms with Crippen LogP contribution < -0.4 is 5.32 Å². The summed E-state index contributed by atoms with van der Waals surface area (Å²) in [5.41, 5.74) is -1.22. The molecule has 0 aliphatic carbocycles. The molecule has 0 aliphatic rings. The molecule has 1 aromatic heterocycles. The summed E-state index contributed by atoms with van der Waals surface area (Å²) in [6.45, 7) is 8.96. The summed E-state index contributed by atoms with van der Waals surface area (Å²) in [5.74, 6) is -0.344. The van der Waals surface area contributed by atoms with Gasteiger partial charge in [0.25, 0.3) is 0 Å². The smallest absolute Gasteiger partial charge is 0.327 e. The van der Waals surface area contributed by atoms with E-state index in [1.807, 2.05) is 20.8 Å². The molecule has 0 bridgehead atoms. The minimum atomic E-state index is -0.691. The molecular weight excluding hydrogens is 246 g/mol. The topological polar surface area (TPSA) is 73.2 Å². The third kappa shape index (κ3) is 5.54. The van der Waals surface area contributed by atoms with Crippen LogP contribution in [-0.4, -0.2) is 32.7 Å². The van der Waals surface area contributed by atoms with Crippen molar-refractivity contribution in [3.63, 3.8) is 0 Å². The summed E-state index contributed by atoms with van der Waals surface area (Å²) < 4.78 is 6.55. The molecule has 0 atom stereocenters. The highest BCUT2D eigenvalue weighted by atomic mass is 16.6. The molecule has 1 aromatic rings. The zero-order chi connectivity index (χ0) is 14.7. The van der Waals surface area contributed by atoms with E-state index in [9.17, 15) is 9.59 Å². The molecule has 0 aromatic carbocycles. The van der Waals surface area contributed by atoms with E-state index in [2.05, 4.69) is 10.3 Å². The molecule has 0 radical (unpaired) electrons. The lowest BCUT2D eigenvalue weighted by Gasteiger charge is -2.27. The Morgan fingerprint density at radius 1 is 1.26 bits per heavy atom. The molecule has 0 saturated heterocycles. The van der Waals surface area contributed by atoms with Gasteiger partial charge in [0.1, 0.15) is 11.9 Å². The van der Waals surface area contributed by atoms with Crippen molar-refractivity contribution in [3.8, 4) is 0 Å². The van der Waals surface area contributed by atoms with Crippen LogP contribution in [0, 0.1) is 0 Å². The zero-order valence-corrected chi connectivity index (χ0v) is 12.1. The molecule has 0 spiro atoms. The molecule has 19 heavy (non-hydrogen) atoms. The molecule has 1 rings (SSSR count). The van der Waals surface area contributed by atoms with Gasteiger partial charge in [0.05, 0.1) is 6.42 Å². The molecule has 106 valence electrons. The van der Waals surface area contributed by atoms with Gasteiger partial charge in [-0.2, -0.15) is 0 Å². The van der Waals surface area contributed by atoms with Crippen LogP contribution in [0.1, 0.15) is 41.0 Å². The van der Waals surface area contributed by atoms with Crippen molar-refractivity contribution in [2.75, 3.05) is 0 Å². The Morgan fingerprint density at radius 3 is 2.37 bits per heavy atom. The second-order valence-corrected chi connectivity index (χ2v) is 6.05. The standard InChI is InChI=1S/C13H21N3O3/c1-12(2,3)19-10(17)8-13(4,5)15-11(18)16-7-6-14-9-16/h6-7,9H,8H2,1-5H3,(H,15,18). The number of amides is 1. The van der Waals surface area contributed by atoms with Crippen molar-refractivity contribution >= 4 is 12.0 Å². The number of carbonyl (C=O) groups is 2. The normalized spacial score (nSPS) is 12.1. The monoisotopic (exact) mass is 267 g/mol. The Hall–Kier alpha value is -1.85. The van der Waals surface area contributed by atoms with Gasteiger partial charge in [-0.05, 0) is 34.6 Å². The Labute approximate surface area is 113 Å². The fraction of sp³-hybridized carbons (Fsp3) is 0.615. The first kappa shape index (κ1) is 15.2. The van der Waals surface area contributed by atoms with Crippen LogP contribution in [-0.2, 0) is 9.53 Å². The van der Waals surface area contributed by atoms with Crippen LogP contribution >= 0.6 is 0 Å². The molecule has 1 amide bonds. The number of hydrogen-bond donors (Lipinski definition) is 1. The second kappa shape index (κ2) is 5.42. The largest absolute Gasteiger partial charge is 0.460 e. The summed E-state index contributed by atoms with van der Waals surface area (Å²) >= 11 is 0. The number of aromatic nitrogens is 2. The Balaban J connectivity index is 2.56. The molecule has 1 heterocycles. The van der Waals surface area contributed by atoms with Gasteiger partial charge in [-0.15, -0.1) is 0 Å². The average molecular weight is 267 g/mol. The average Bonchev–Trinajstić information content (AvgIpc) is 2.63. The summed E-state index contributed by atoms with van der Waals surface area (Å²) in [6.07, 6.45) is 4.56. The van der Waals surface area contributed by atoms with Gasteiger partial charge >= 0.3 is 12.0 Å². The number of esters is 1. The highest BCUT2D eigenvalue weighted by molar-refractivity contribution is 5.78. The zero-order valence-electron chi connectivity index (χ0n) is 12.1. The minimum absolute atomic E-state index is 0.102. The third-order valence-corrected chi connectivity index (χ3v) is 2.19. The maximum absolute atomic E-state index is 11.8. The van der Waals surface area contributed by atoms with Crippen molar-refractivity contribution in [1.29, 1.82) is 0 Å². The number of carbonyl (C=O) groups excluding carboxylic acids is 2. The fourth-order valence-electron chi connectivity index (χ4n) is 1.52. The minimum Gasteiger partial charge on any atom is -0.460 e. The van der Waals surface area contributed by atoms with Crippen LogP contribution in [0.2, 0.25) is 0 Å². The van der Waals surface area contributed by atoms with Crippen LogP contribution in [0.4, 0.5) is 4.79 Å². The van der Waals surface area contributed by atoms with Gasteiger partial charge in [-0.3, -0.25) is 9.36 Å². The number of hydrogen-bond acceptors (Lipinski definition) is 4. The lowest BCUT2D eigenvalue weighted by molar-refractivity contribution is -0.156. The maximum Gasteiger partial charge on any atom is 0.327 e. The van der Waals surface area contributed by atoms with Gasteiger partial charge in [-0.25, -0.2) is 9.78 Å². The van der Waals surface area contributed by atoms with E-state index >= 15 is 0 Å². The summed E-state index contributed by atoms with van der Waals surface area (Å²) in [5, 5.41) is 2.76. The lowest BCUT2D eigenvalue weighted by Crippen LogP contribution is -2.47. The van der Waals surface area contributed by atoms with E-state index in [0.717, 1.165) is 0 Å². The molecule has 0 fully saturated rings. The first-order chi connectivity index (χ1) is 8.59. The van der Waals surface area contributed by atoms with Crippen molar-refractivity contribution in [2.45, 2.75) is 52.2 Å². The highest BCUT2D eigenvalue weighted by Crippen LogP contribution is 2.14. The Bertz CT molecular complexity index is 444. The number of imidazole rings is 1. The number of ether oxygens (including phenoxy) is 1. The fourth-order valence-corrected chi connectivity index (χ4v) is 1.52. The van der Waals surface area contributed by atoms with Crippen LogP contribution in [0.15, 0.2) is 18.7 Å². The van der Waals surface area contributed by atoms with Crippen molar-refractivity contribution in [3.05, 3.63) is 18.7 Å². The summed E-state index contributed by atoms with van der Waals surface area (Å²) in [7, 11) is 0. The van der Waals surface area contributed by atoms with Gasteiger partial charge in [0.2, 0.25) is 0 Å². The van der Waals surface area contributed by atoms with Crippen LogP contribution in [0.3, 0.4) is 0 Å². The van der Waals surface area contributed by atoms with Gasteiger partial charge in [0, 0.05) is 17.9 Å². The molecule has 6 nitrogen and oxygen atoms in total. The summed E-state index contributed by atoms with van der Waals surface area (Å²) in [6, 6.07) is -0.328. The number of nitrogens with one attached hydrogen (secondary N) is 1. The van der Waals surface area contributed by atoms with Crippen molar-refractivity contribution in [2.24, 2.45) is 0 Å². The van der Waals surface area contributed by atoms with Gasteiger partial charge in [-0.1, -0.05) is 0 Å². The predicted octanol–water partition coefficient (Wildman–Crippen LogP) is 1.95. The van der Waals surface area contributed by atoms with Crippen molar-refractivity contribution in [1.82, 2.24) is 14.9 Å². The second-order valence-electron chi connectivity index (χ2n) is 6.05. The van der Waals surface area contributed by atoms with E-state index in [4.69, 9.17) is 4.74 Å². The van der Waals surface area contributed by atoms with E-state index in [0.29, 0.717) is 0 Å². The van der Waals surface area contributed by atoms with Gasteiger partial charge in [0.15, 0.2) is 0 Å². The van der Waals surface area contributed by atoms with E-state index in [1.54, 1.807) is 20.0 Å². The molecule has 6 heteroatoms. The molecule has 1 N–H and O–H groups in total. The lowest BCUT2D eigenvalue weighted by atomic mass is 10.0. The first-order valence-corrected chi connectivity index (χ1v) is 6.11. The van der Waals surface area contributed by atoms with Gasteiger partial charge < -0.3 is 10.1 Å². The van der Waals surface area contributed by atoms with E-state index in [-0.39, 0.29) is 18.4 Å². The Morgan fingerprint density at radius 2 is 1.89 bits per heavy atom. The quantitative estimate of drug-likeness (QED) is 0.849. The van der Waals surface area contributed by atoms with E-state index < -0.39 is 11.1 Å². The predicted molar refractivity (Wildman–Crippen MR) is 70.7 cm³/mol. The molecular formula is C13H21N3O3. The summed E-state index contributed by atoms with van der Waals surface area (Å²) in [4.78, 5) is 27.4. The highest BCUT2D eigenvalue weighted by Gasteiger charge is 2.27. The Kier molecular flexibility index (Phi) is 4.34. The molecule has 0 unspecified atom stereocenters.